The summed E-state index contributed by atoms with van der Waals surface area (Å²) in [5.41, 5.74) is 2.10. The van der Waals surface area contributed by atoms with Crippen molar-refractivity contribution in [2.75, 3.05) is 17.7 Å². The average Bonchev–Trinajstić information content (AvgIpc) is 2.83. The van der Waals surface area contributed by atoms with Gasteiger partial charge in [0.15, 0.2) is 0 Å². The van der Waals surface area contributed by atoms with Crippen LogP contribution in [0.4, 0.5) is 5.69 Å². The summed E-state index contributed by atoms with van der Waals surface area (Å²) >= 11 is 5.41. The first-order valence-electron chi connectivity index (χ1n) is 5.29. The highest BCUT2D eigenvalue weighted by atomic mass is 35.5. The van der Waals surface area contributed by atoms with Crippen molar-refractivity contribution in [2.24, 2.45) is 0 Å². The van der Waals surface area contributed by atoms with E-state index >= 15 is 0 Å². The number of carbonyl (C=O) groups is 2. The summed E-state index contributed by atoms with van der Waals surface area (Å²) in [4.78, 5) is 29.8. The second-order valence-electron chi connectivity index (χ2n) is 3.53. The molecule has 0 bridgehead atoms. The van der Waals surface area contributed by atoms with Crippen LogP contribution in [0, 0.1) is 0 Å². The molecule has 18 heavy (non-hydrogen) atoms. The van der Waals surface area contributed by atoms with E-state index in [1.165, 1.54) is 0 Å². The van der Waals surface area contributed by atoms with Crippen molar-refractivity contribution in [1.82, 2.24) is 15.3 Å². The second-order valence-corrected chi connectivity index (χ2v) is 3.91. The monoisotopic (exact) mass is 266 g/mol. The van der Waals surface area contributed by atoms with Gasteiger partial charge in [-0.3, -0.25) is 9.59 Å². The Hall–Kier alpha value is -2.08. The van der Waals surface area contributed by atoms with Gasteiger partial charge in [0, 0.05) is 18.1 Å². The predicted molar refractivity (Wildman–Crippen MR) is 68.5 cm³/mol. The van der Waals surface area contributed by atoms with Crippen LogP contribution in [-0.4, -0.2) is 34.2 Å². The van der Waals surface area contributed by atoms with Gasteiger partial charge in [0.1, 0.15) is 0 Å². The Kier molecular flexibility index (Phi) is 3.78. The number of aromatic amines is 1. The van der Waals surface area contributed by atoms with Crippen LogP contribution in [0.1, 0.15) is 0 Å². The maximum Gasteiger partial charge on any atom is 0.313 e. The van der Waals surface area contributed by atoms with Crippen molar-refractivity contribution in [1.29, 1.82) is 0 Å². The van der Waals surface area contributed by atoms with Gasteiger partial charge in [0.05, 0.1) is 17.4 Å². The third-order valence-electron chi connectivity index (χ3n) is 2.26. The van der Waals surface area contributed by atoms with E-state index in [1.807, 2.05) is 0 Å². The van der Waals surface area contributed by atoms with Crippen LogP contribution in [0.2, 0.25) is 0 Å². The van der Waals surface area contributed by atoms with E-state index in [9.17, 15) is 9.59 Å². The molecule has 3 N–H and O–H groups in total. The van der Waals surface area contributed by atoms with E-state index in [-0.39, 0.29) is 12.4 Å². The number of H-pyrrole nitrogens is 1. The zero-order valence-corrected chi connectivity index (χ0v) is 10.1. The van der Waals surface area contributed by atoms with E-state index < -0.39 is 11.8 Å². The first kappa shape index (κ1) is 12.4. The third kappa shape index (κ3) is 2.78. The van der Waals surface area contributed by atoms with Gasteiger partial charge >= 0.3 is 11.8 Å². The van der Waals surface area contributed by atoms with Crippen molar-refractivity contribution < 1.29 is 9.59 Å². The van der Waals surface area contributed by atoms with Crippen molar-refractivity contribution >= 4 is 40.1 Å². The zero-order valence-electron chi connectivity index (χ0n) is 9.37. The van der Waals surface area contributed by atoms with Gasteiger partial charge in [-0.2, -0.15) is 0 Å². The number of hydrogen-bond acceptors (Lipinski definition) is 3. The van der Waals surface area contributed by atoms with E-state index in [1.54, 1.807) is 24.5 Å². The van der Waals surface area contributed by atoms with Gasteiger partial charge in [0.2, 0.25) is 0 Å². The number of imidazole rings is 1. The van der Waals surface area contributed by atoms with Crippen molar-refractivity contribution in [3.8, 4) is 0 Å². The molecular formula is C11H11ClN4O2. The lowest BCUT2D eigenvalue weighted by molar-refractivity contribution is -0.136. The molecule has 1 aromatic carbocycles. The molecule has 2 amide bonds. The Morgan fingerprint density at radius 2 is 2.17 bits per heavy atom. The van der Waals surface area contributed by atoms with Crippen LogP contribution in [0.15, 0.2) is 24.5 Å². The highest BCUT2D eigenvalue weighted by molar-refractivity contribution is 6.39. The minimum absolute atomic E-state index is 0.257. The van der Waals surface area contributed by atoms with Crippen molar-refractivity contribution in [3.63, 3.8) is 0 Å². The third-order valence-corrected chi connectivity index (χ3v) is 2.45. The number of benzene rings is 1. The maximum absolute atomic E-state index is 11.5. The highest BCUT2D eigenvalue weighted by Gasteiger charge is 2.12. The lowest BCUT2D eigenvalue weighted by Gasteiger charge is -2.05. The van der Waals surface area contributed by atoms with Crippen LogP contribution in [0.25, 0.3) is 11.0 Å². The van der Waals surface area contributed by atoms with Gasteiger partial charge in [-0.15, -0.1) is 11.6 Å². The Bertz CT molecular complexity index is 581. The molecule has 2 aromatic rings. The largest absolute Gasteiger partial charge is 0.347 e. The number of anilines is 1. The SMILES string of the molecule is O=C(NCCCl)C(=O)Nc1ccc2nc[nH]c2c1. The number of nitrogens with zero attached hydrogens (tertiary/aromatic N) is 1. The molecule has 7 heteroatoms. The fraction of sp³-hybridized carbons (Fsp3) is 0.182. The number of alkyl halides is 1. The number of halogens is 1. The summed E-state index contributed by atoms with van der Waals surface area (Å²) in [6.45, 7) is 0.257. The first-order valence-corrected chi connectivity index (χ1v) is 5.82. The molecule has 1 aromatic heterocycles. The van der Waals surface area contributed by atoms with Gasteiger partial charge in [-0.05, 0) is 18.2 Å². The molecule has 0 spiro atoms. The molecule has 0 fully saturated rings. The normalized spacial score (nSPS) is 10.3. The molecule has 0 atom stereocenters. The standard InChI is InChI=1S/C11H11ClN4O2/c12-3-4-13-10(17)11(18)16-7-1-2-8-9(5-7)15-6-14-8/h1-2,5-6H,3-4H2,(H,13,17)(H,14,15)(H,16,18). The number of amides is 2. The fourth-order valence-corrected chi connectivity index (χ4v) is 1.54. The second kappa shape index (κ2) is 5.50. The molecule has 6 nitrogen and oxygen atoms in total. The van der Waals surface area contributed by atoms with Crippen LogP contribution in [0.5, 0.6) is 0 Å². The minimum atomic E-state index is -0.723. The smallest absolute Gasteiger partial charge is 0.313 e. The van der Waals surface area contributed by atoms with Gasteiger partial charge < -0.3 is 15.6 Å². The lowest BCUT2D eigenvalue weighted by Crippen LogP contribution is -2.36. The minimum Gasteiger partial charge on any atom is -0.347 e. The molecule has 0 saturated heterocycles. The molecule has 0 unspecified atom stereocenters. The van der Waals surface area contributed by atoms with Crippen LogP contribution in [0.3, 0.4) is 0 Å². The number of carbonyl (C=O) groups excluding carboxylic acids is 2. The lowest BCUT2D eigenvalue weighted by atomic mass is 10.2. The number of aromatic nitrogens is 2. The van der Waals surface area contributed by atoms with E-state index in [0.717, 1.165) is 11.0 Å². The van der Waals surface area contributed by atoms with E-state index in [0.29, 0.717) is 5.69 Å². The number of nitrogens with one attached hydrogen (secondary N) is 3. The van der Waals surface area contributed by atoms with Crippen molar-refractivity contribution in [3.05, 3.63) is 24.5 Å². The number of hydrogen-bond donors (Lipinski definition) is 3. The summed E-state index contributed by atoms with van der Waals surface area (Å²) < 4.78 is 0. The van der Waals surface area contributed by atoms with Crippen LogP contribution < -0.4 is 10.6 Å². The maximum atomic E-state index is 11.5. The van der Waals surface area contributed by atoms with Gasteiger partial charge in [0.25, 0.3) is 0 Å². The van der Waals surface area contributed by atoms with E-state index in [4.69, 9.17) is 11.6 Å². The summed E-state index contributed by atoms with van der Waals surface area (Å²) in [5.74, 6) is -1.17. The number of fused-ring (bicyclic) bond motifs is 1. The molecular weight excluding hydrogens is 256 g/mol. The Balaban J connectivity index is 2.04. The Morgan fingerprint density at radius 3 is 2.94 bits per heavy atom. The topological polar surface area (TPSA) is 86.9 Å². The summed E-state index contributed by atoms with van der Waals surface area (Å²) in [7, 11) is 0. The zero-order chi connectivity index (χ0) is 13.0. The van der Waals surface area contributed by atoms with Crippen LogP contribution in [-0.2, 0) is 9.59 Å². The molecule has 0 radical (unpaired) electrons. The van der Waals surface area contributed by atoms with Crippen LogP contribution >= 0.6 is 11.6 Å². The molecule has 94 valence electrons. The summed E-state index contributed by atoms with van der Waals surface area (Å²) in [6, 6.07) is 5.13. The molecule has 0 aliphatic heterocycles. The molecule has 2 rings (SSSR count). The van der Waals surface area contributed by atoms with Crippen molar-refractivity contribution in [2.45, 2.75) is 0 Å². The summed E-state index contributed by atoms with van der Waals surface area (Å²) in [6.07, 6.45) is 1.56. The van der Waals surface area contributed by atoms with E-state index in [2.05, 4.69) is 20.6 Å². The summed E-state index contributed by atoms with van der Waals surface area (Å²) in [5, 5.41) is 4.87. The molecule has 1 heterocycles. The number of rotatable bonds is 3. The predicted octanol–water partition coefficient (Wildman–Crippen LogP) is 0.856. The fourth-order valence-electron chi connectivity index (χ4n) is 1.44. The molecule has 0 aliphatic carbocycles. The average molecular weight is 267 g/mol. The first-order chi connectivity index (χ1) is 8.70. The van der Waals surface area contributed by atoms with Gasteiger partial charge in [-0.1, -0.05) is 0 Å². The van der Waals surface area contributed by atoms with Gasteiger partial charge in [-0.25, -0.2) is 4.98 Å². The quantitative estimate of drug-likeness (QED) is 0.569. The Morgan fingerprint density at radius 1 is 1.33 bits per heavy atom. The molecule has 0 saturated carbocycles. The molecule has 0 aliphatic rings. The Labute approximate surface area is 108 Å². The highest BCUT2D eigenvalue weighted by Crippen LogP contribution is 2.15.